The van der Waals surface area contributed by atoms with Gasteiger partial charge in [-0.05, 0) is 50.8 Å². The summed E-state index contributed by atoms with van der Waals surface area (Å²) in [5, 5.41) is 32.1. The van der Waals surface area contributed by atoms with Crippen molar-refractivity contribution in [1.29, 1.82) is 0 Å². The van der Waals surface area contributed by atoms with E-state index >= 15 is 0 Å². The fourth-order valence-electron chi connectivity index (χ4n) is 2.11. The van der Waals surface area contributed by atoms with Gasteiger partial charge >= 0.3 is 6.09 Å². The van der Waals surface area contributed by atoms with Crippen LogP contribution in [-0.4, -0.2) is 39.7 Å². The largest absolute Gasteiger partial charge is 0.444 e. The van der Waals surface area contributed by atoms with E-state index in [2.05, 4.69) is 5.32 Å². The summed E-state index contributed by atoms with van der Waals surface area (Å²) in [7, 11) is 0. The zero-order chi connectivity index (χ0) is 17.6. The maximum absolute atomic E-state index is 11.5. The van der Waals surface area contributed by atoms with Crippen LogP contribution in [0.15, 0.2) is 18.2 Å². The van der Waals surface area contributed by atoms with Crippen LogP contribution >= 0.6 is 0 Å². The number of carbonyl (C=O) groups is 1. The molecular weight excluding hydrogens is 298 g/mol. The van der Waals surface area contributed by atoms with Crippen LogP contribution < -0.4 is 5.32 Å². The Balaban J connectivity index is 2.54. The minimum atomic E-state index is -1.08. The Morgan fingerprint density at radius 2 is 1.96 bits per heavy atom. The molecule has 0 fully saturated rings. The zero-order valence-electron chi connectivity index (χ0n) is 14.2. The van der Waals surface area contributed by atoms with E-state index < -0.39 is 23.9 Å². The van der Waals surface area contributed by atoms with Crippen LogP contribution in [-0.2, 0) is 11.3 Å². The zero-order valence-corrected chi connectivity index (χ0v) is 14.2. The van der Waals surface area contributed by atoms with Crippen molar-refractivity contribution in [2.24, 2.45) is 0 Å². The Hall–Kier alpha value is -1.63. The average molecular weight is 325 g/mol. The van der Waals surface area contributed by atoms with Crippen molar-refractivity contribution in [3.8, 4) is 0 Å². The number of hydrogen-bond donors (Lipinski definition) is 4. The number of ether oxygens (including phenoxy) is 1. The molecule has 2 unspecified atom stereocenters. The number of aliphatic hydroxyl groups is 3. The maximum atomic E-state index is 11.5. The third kappa shape index (κ3) is 6.56. The minimum Gasteiger partial charge on any atom is -0.444 e. The third-order valence-corrected chi connectivity index (χ3v) is 3.32. The SMILES string of the molecule is Cc1ccc(CO)cc1C(O)C(O)CCNC(=O)OC(C)(C)C. The summed E-state index contributed by atoms with van der Waals surface area (Å²) in [6, 6.07) is 5.22. The Kier molecular flexibility index (Phi) is 7.00. The minimum absolute atomic E-state index is 0.129. The predicted molar refractivity (Wildman–Crippen MR) is 86.9 cm³/mol. The van der Waals surface area contributed by atoms with Gasteiger partial charge in [0, 0.05) is 6.54 Å². The van der Waals surface area contributed by atoms with E-state index in [0.717, 1.165) is 5.56 Å². The molecule has 1 amide bonds. The fourth-order valence-corrected chi connectivity index (χ4v) is 2.11. The molecule has 0 aliphatic rings. The van der Waals surface area contributed by atoms with Gasteiger partial charge in [0.25, 0.3) is 0 Å². The molecule has 130 valence electrons. The van der Waals surface area contributed by atoms with Gasteiger partial charge in [-0.1, -0.05) is 18.2 Å². The van der Waals surface area contributed by atoms with Gasteiger partial charge in [-0.2, -0.15) is 0 Å². The summed E-state index contributed by atoms with van der Waals surface area (Å²) >= 11 is 0. The van der Waals surface area contributed by atoms with E-state index in [4.69, 9.17) is 9.84 Å². The second kappa shape index (κ2) is 8.29. The predicted octanol–water partition coefficient (Wildman–Crippen LogP) is 1.80. The van der Waals surface area contributed by atoms with Gasteiger partial charge in [0.15, 0.2) is 0 Å². The molecule has 0 heterocycles. The third-order valence-electron chi connectivity index (χ3n) is 3.32. The highest BCUT2D eigenvalue weighted by Crippen LogP contribution is 2.23. The first kappa shape index (κ1) is 19.4. The summed E-state index contributed by atoms with van der Waals surface area (Å²) in [6.07, 6.45) is -2.49. The van der Waals surface area contributed by atoms with E-state index in [1.807, 2.05) is 6.92 Å². The lowest BCUT2D eigenvalue weighted by Gasteiger charge is -2.22. The molecule has 6 nitrogen and oxygen atoms in total. The maximum Gasteiger partial charge on any atom is 0.407 e. The van der Waals surface area contributed by atoms with Gasteiger partial charge in [0.1, 0.15) is 11.7 Å². The van der Waals surface area contributed by atoms with Crippen molar-refractivity contribution in [2.75, 3.05) is 6.54 Å². The summed E-state index contributed by atoms with van der Waals surface area (Å²) in [5.74, 6) is 0. The highest BCUT2D eigenvalue weighted by Gasteiger charge is 2.21. The number of hydrogen-bond acceptors (Lipinski definition) is 5. The molecule has 6 heteroatoms. The number of amides is 1. The standard InChI is InChI=1S/C17H27NO5/c1-11-5-6-12(10-19)9-13(11)15(21)14(20)7-8-18-16(22)23-17(2,3)4/h5-6,9,14-15,19-21H,7-8,10H2,1-4H3,(H,18,22). The number of carbonyl (C=O) groups excluding carboxylic acids is 1. The van der Waals surface area contributed by atoms with Gasteiger partial charge in [-0.15, -0.1) is 0 Å². The van der Waals surface area contributed by atoms with E-state index in [-0.39, 0.29) is 19.6 Å². The lowest BCUT2D eigenvalue weighted by Crippen LogP contribution is -2.34. The van der Waals surface area contributed by atoms with Crippen LogP contribution in [0.4, 0.5) is 4.79 Å². The van der Waals surface area contributed by atoms with Crippen molar-refractivity contribution >= 4 is 6.09 Å². The van der Waals surface area contributed by atoms with Crippen molar-refractivity contribution < 1.29 is 24.9 Å². The van der Waals surface area contributed by atoms with E-state index in [1.165, 1.54) is 0 Å². The van der Waals surface area contributed by atoms with Crippen molar-refractivity contribution in [1.82, 2.24) is 5.32 Å². The highest BCUT2D eigenvalue weighted by molar-refractivity contribution is 5.67. The first-order valence-corrected chi connectivity index (χ1v) is 7.67. The Labute approximate surface area is 137 Å². The molecule has 0 saturated carbocycles. The molecule has 2 atom stereocenters. The molecule has 0 saturated heterocycles. The highest BCUT2D eigenvalue weighted by atomic mass is 16.6. The normalized spacial score (nSPS) is 14.2. The van der Waals surface area contributed by atoms with Crippen molar-refractivity contribution in [3.05, 3.63) is 34.9 Å². The fraction of sp³-hybridized carbons (Fsp3) is 0.588. The van der Waals surface area contributed by atoms with E-state index in [1.54, 1.807) is 39.0 Å². The first-order valence-electron chi connectivity index (χ1n) is 7.67. The van der Waals surface area contributed by atoms with Crippen molar-refractivity contribution in [3.63, 3.8) is 0 Å². The molecule has 0 radical (unpaired) electrons. The molecule has 4 N–H and O–H groups in total. The quantitative estimate of drug-likeness (QED) is 0.639. The van der Waals surface area contributed by atoms with E-state index in [0.29, 0.717) is 11.1 Å². The van der Waals surface area contributed by atoms with Crippen molar-refractivity contribution in [2.45, 2.75) is 58.5 Å². The second-order valence-corrected chi connectivity index (χ2v) is 6.58. The molecule has 1 aromatic rings. The van der Waals surface area contributed by atoms with Crippen LogP contribution in [0.1, 0.15) is 50.0 Å². The van der Waals surface area contributed by atoms with Crippen LogP contribution in [0.5, 0.6) is 0 Å². The first-order chi connectivity index (χ1) is 10.6. The Bertz CT molecular complexity index is 524. The topological polar surface area (TPSA) is 99.0 Å². The van der Waals surface area contributed by atoms with Gasteiger partial charge < -0.3 is 25.4 Å². The smallest absolute Gasteiger partial charge is 0.407 e. The van der Waals surface area contributed by atoms with Gasteiger partial charge in [0.2, 0.25) is 0 Å². The Morgan fingerprint density at radius 1 is 1.30 bits per heavy atom. The molecule has 0 aliphatic carbocycles. The number of benzene rings is 1. The molecule has 0 aromatic heterocycles. The molecule has 23 heavy (non-hydrogen) atoms. The second-order valence-electron chi connectivity index (χ2n) is 6.58. The van der Waals surface area contributed by atoms with E-state index in [9.17, 15) is 15.0 Å². The Morgan fingerprint density at radius 3 is 2.52 bits per heavy atom. The van der Waals surface area contributed by atoms with Gasteiger partial charge in [-0.25, -0.2) is 4.79 Å². The molecule has 0 bridgehead atoms. The van der Waals surface area contributed by atoms with Crippen LogP contribution in [0, 0.1) is 6.92 Å². The summed E-state index contributed by atoms with van der Waals surface area (Å²) < 4.78 is 5.09. The monoisotopic (exact) mass is 325 g/mol. The van der Waals surface area contributed by atoms with Crippen LogP contribution in [0.25, 0.3) is 0 Å². The number of aryl methyl sites for hydroxylation is 1. The molecule has 0 aliphatic heterocycles. The van der Waals surface area contributed by atoms with Crippen LogP contribution in [0.2, 0.25) is 0 Å². The molecular formula is C17H27NO5. The molecule has 1 rings (SSSR count). The van der Waals surface area contributed by atoms with Gasteiger partial charge in [0.05, 0.1) is 12.7 Å². The number of aliphatic hydroxyl groups excluding tert-OH is 3. The lowest BCUT2D eigenvalue weighted by molar-refractivity contribution is 0.0119. The summed E-state index contributed by atoms with van der Waals surface area (Å²) in [4.78, 5) is 11.5. The molecule has 1 aromatic carbocycles. The van der Waals surface area contributed by atoms with Gasteiger partial charge in [-0.3, -0.25) is 0 Å². The number of alkyl carbamates (subject to hydrolysis) is 1. The summed E-state index contributed by atoms with van der Waals surface area (Å²) in [5.41, 5.74) is 1.49. The number of nitrogens with one attached hydrogen (secondary N) is 1. The lowest BCUT2D eigenvalue weighted by atomic mass is 9.96. The average Bonchev–Trinajstić information content (AvgIpc) is 2.45. The van der Waals surface area contributed by atoms with Crippen LogP contribution in [0.3, 0.4) is 0 Å². The number of rotatable bonds is 6. The summed E-state index contributed by atoms with van der Waals surface area (Å²) in [6.45, 7) is 7.18. The molecule has 0 spiro atoms.